The predicted molar refractivity (Wildman–Crippen MR) is 50.5 cm³/mol. The average molecular weight is 176 g/mol. The molecule has 1 aromatic heterocycles. The molecule has 1 aromatic rings. The van der Waals surface area contributed by atoms with Gasteiger partial charge >= 0.3 is 7.12 Å². The molecule has 0 bridgehead atoms. The molecule has 0 unspecified atom stereocenters. The molecule has 0 atom stereocenters. The van der Waals surface area contributed by atoms with Crippen LogP contribution in [0.5, 0.6) is 0 Å². The van der Waals surface area contributed by atoms with Crippen molar-refractivity contribution in [3.63, 3.8) is 0 Å². The highest BCUT2D eigenvalue weighted by Gasteiger charge is 2.23. The van der Waals surface area contributed by atoms with E-state index in [9.17, 15) is 0 Å². The molecule has 5 heteroatoms. The Balaban J connectivity index is 2.43. The van der Waals surface area contributed by atoms with E-state index in [1.165, 1.54) is 0 Å². The second-order valence-corrected chi connectivity index (χ2v) is 3.03. The standard InChI is InChI=1S/C8H9BN2O2/c10-7-1-2-11-8-4-5(9(12)13)3-6(7)8/h1-3,12-13H,4H2,(H2,10,11). The van der Waals surface area contributed by atoms with Gasteiger partial charge in [0.25, 0.3) is 0 Å². The lowest BCUT2D eigenvalue weighted by Gasteiger charge is -1.99. The number of rotatable bonds is 1. The summed E-state index contributed by atoms with van der Waals surface area (Å²) in [4.78, 5) is 4.10. The molecular formula is C8H9BN2O2. The first kappa shape index (κ1) is 8.28. The molecule has 4 N–H and O–H groups in total. The molecule has 13 heavy (non-hydrogen) atoms. The number of pyridine rings is 1. The second kappa shape index (κ2) is 2.87. The van der Waals surface area contributed by atoms with Gasteiger partial charge in [0.05, 0.1) is 5.69 Å². The molecule has 1 aliphatic carbocycles. The van der Waals surface area contributed by atoms with Crippen LogP contribution in [0.4, 0.5) is 5.69 Å². The number of hydrogen-bond donors (Lipinski definition) is 3. The van der Waals surface area contributed by atoms with E-state index in [0.717, 1.165) is 11.3 Å². The maximum atomic E-state index is 8.93. The molecule has 0 aromatic carbocycles. The fourth-order valence-electron chi connectivity index (χ4n) is 1.44. The number of fused-ring (bicyclic) bond motifs is 1. The lowest BCUT2D eigenvalue weighted by atomic mass is 9.79. The molecule has 0 fully saturated rings. The van der Waals surface area contributed by atoms with E-state index in [0.29, 0.717) is 17.6 Å². The van der Waals surface area contributed by atoms with Gasteiger partial charge in [0.15, 0.2) is 0 Å². The first-order valence-electron chi connectivity index (χ1n) is 3.98. The Morgan fingerprint density at radius 1 is 1.46 bits per heavy atom. The molecule has 2 rings (SSSR count). The van der Waals surface area contributed by atoms with Crippen LogP contribution < -0.4 is 5.73 Å². The third kappa shape index (κ3) is 1.32. The van der Waals surface area contributed by atoms with E-state index in [4.69, 9.17) is 15.8 Å². The molecule has 0 saturated heterocycles. The summed E-state index contributed by atoms with van der Waals surface area (Å²) in [6.07, 6.45) is 3.77. The monoisotopic (exact) mass is 176 g/mol. The van der Waals surface area contributed by atoms with Crippen molar-refractivity contribution in [2.45, 2.75) is 6.42 Å². The van der Waals surface area contributed by atoms with Crippen LogP contribution in [-0.2, 0) is 6.42 Å². The van der Waals surface area contributed by atoms with Gasteiger partial charge in [-0.15, -0.1) is 0 Å². The van der Waals surface area contributed by atoms with Gasteiger partial charge in [-0.1, -0.05) is 6.08 Å². The Kier molecular flexibility index (Phi) is 1.83. The maximum absolute atomic E-state index is 8.93. The zero-order chi connectivity index (χ0) is 9.42. The molecule has 66 valence electrons. The molecule has 0 radical (unpaired) electrons. The molecule has 0 saturated carbocycles. The summed E-state index contributed by atoms with van der Waals surface area (Å²) in [6, 6.07) is 1.70. The summed E-state index contributed by atoms with van der Waals surface area (Å²) in [7, 11) is -1.41. The van der Waals surface area contributed by atoms with Gasteiger partial charge in [-0.2, -0.15) is 0 Å². The summed E-state index contributed by atoms with van der Waals surface area (Å²) in [5.41, 5.74) is 8.47. The highest BCUT2D eigenvalue weighted by molar-refractivity contribution is 6.52. The lowest BCUT2D eigenvalue weighted by molar-refractivity contribution is 0.418. The Labute approximate surface area is 75.9 Å². The zero-order valence-corrected chi connectivity index (χ0v) is 6.94. The number of nitrogens with two attached hydrogens (primary N) is 1. The molecule has 0 aliphatic heterocycles. The van der Waals surface area contributed by atoms with E-state index in [1.54, 1.807) is 18.3 Å². The minimum atomic E-state index is -1.41. The zero-order valence-electron chi connectivity index (χ0n) is 6.94. The van der Waals surface area contributed by atoms with Crippen LogP contribution in [0.25, 0.3) is 6.08 Å². The van der Waals surface area contributed by atoms with Crippen molar-refractivity contribution in [1.29, 1.82) is 0 Å². The van der Waals surface area contributed by atoms with E-state index in [1.807, 2.05) is 0 Å². The van der Waals surface area contributed by atoms with Crippen LogP contribution in [-0.4, -0.2) is 22.2 Å². The topological polar surface area (TPSA) is 79.4 Å². The summed E-state index contributed by atoms with van der Waals surface area (Å²) in [5, 5.41) is 17.9. The molecule has 1 heterocycles. The van der Waals surface area contributed by atoms with Gasteiger partial charge in [0.2, 0.25) is 0 Å². The van der Waals surface area contributed by atoms with Crippen LogP contribution in [0.1, 0.15) is 11.3 Å². The summed E-state index contributed by atoms with van der Waals surface area (Å²) >= 11 is 0. The maximum Gasteiger partial charge on any atom is 0.484 e. The molecular weight excluding hydrogens is 167 g/mol. The SMILES string of the molecule is Nc1ccnc2c1C=C(B(O)O)C2. The number of allylic oxidation sites excluding steroid dienone is 1. The van der Waals surface area contributed by atoms with E-state index in [2.05, 4.69) is 4.98 Å². The number of nitrogens with zero attached hydrogens (tertiary/aromatic N) is 1. The predicted octanol–water partition coefficient (Wildman–Crippen LogP) is -0.385. The minimum absolute atomic E-state index is 0.470. The Bertz CT molecular complexity index is 376. The summed E-state index contributed by atoms with van der Waals surface area (Å²) in [5.74, 6) is 0. The Hall–Kier alpha value is -1.33. The number of nitrogen functional groups attached to an aromatic ring is 1. The van der Waals surface area contributed by atoms with Crippen molar-refractivity contribution in [3.05, 3.63) is 29.0 Å². The summed E-state index contributed by atoms with van der Waals surface area (Å²) < 4.78 is 0. The van der Waals surface area contributed by atoms with Gasteiger partial charge < -0.3 is 15.8 Å². The average Bonchev–Trinajstić information content (AvgIpc) is 2.49. The smallest absolute Gasteiger partial charge is 0.423 e. The van der Waals surface area contributed by atoms with Gasteiger partial charge in [-0.3, -0.25) is 4.98 Å². The molecule has 4 nitrogen and oxygen atoms in total. The first-order chi connectivity index (χ1) is 6.18. The normalized spacial score (nSPS) is 13.8. The van der Waals surface area contributed by atoms with Gasteiger partial charge in [-0.05, 0) is 11.5 Å². The van der Waals surface area contributed by atoms with Crippen LogP contribution in [0.15, 0.2) is 17.7 Å². The van der Waals surface area contributed by atoms with Gasteiger partial charge in [0.1, 0.15) is 0 Å². The van der Waals surface area contributed by atoms with E-state index in [-0.39, 0.29) is 0 Å². The molecule has 0 amide bonds. The van der Waals surface area contributed by atoms with Crippen LogP contribution in [0.2, 0.25) is 0 Å². The number of anilines is 1. The van der Waals surface area contributed by atoms with Crippen molar-refractivity contribution in [2.75, 3.05) is 5.73 Å². The van der Waals surface area contributed by atoms with Crippen LogP contribution >= 0.6 is 0 Å². The molecule has 1 aliphatic rings. The fraction of sp³-hybridized carbons (Fsp3) is 0.125. The first-order valence-corrected chi connectivity index (χ1v) is 3.98. The minimum Gasteiger partial charge on any atom is -0.423 e. The highest BCUT2D eigenvalue weighted by atomic mass is 16.4. The van der Waals surface area contributed by atoms with Gasteiger partial charge in [-0.25, -0.2) is 0 Å². The van der Waals surface area contributed by atoms with Crippen molar-refractivity contribution in [3.8, 4) is 0 Å². The van der Waals surface area contributed by atoms with E-state index < -0.39 is 7.12 Å². The second-order valence-electron chi connectivity index (χ2n) is 3.03. The van der Waals surface area contributed by atoms with Crippen molar-refractivity contribution < 1.29 is 10.0 Å². The van der Waals surface area contributed by atoms with Crippen molar-refractivity contribution in [2.24, 2.45) is 0 Å². The third-order valence-electron chi connectivity index (χ3n) is 2.14. The highest BCUT2D eigenvalue weighted by Crippen LogP contribution is 2.27. The Morgan fingerprint density at radius 3 is 2.85 bits per heavy atom. The number of aromatic nitrogens is 1. The van der Waals surface area contributed by atoms with Crippen molar-refractivity contribution in [1.82, 2.24) is 4.98 Å². The quantitative estimate of drug-likeness (QED) is 0.509. The van der Waals surface area contributed by atoms with Crippen molar-refractivity contribution >= 4 is 18.9 Å². The van der Waals surface area contributed by atoms with Crippen LogP contribution in [0, 0.1) is 0 Å². The van der Waals surface area contributed by atoms with E-state index >= 15 is 0 Å². The largest absolute Gasteiger partial charge is 0.484 e. The number of hydrogen-bond acceptors (Lipinski definition) is 4. The third-order valence-corrected chi connectivity index (χ3v) is 2.14. The van der Waals surface area contributed by atoms with Gasteiger partial charge in [0, 0.05) is 23.9 Å². The lowest BCUT2D eigenvalue weighted by Crippen LogP contribution is -2.15. The Morgan fingerprint density at radius 2 is 2.23 bits per heavy atom. The summed E-state index contributed by atoms with van der Waals surface area (Å²) in [6.45, 7) is 0. The fourth-order valence-corrected chi connectivity index (χ4v) is 1.44. The molecule has 0 spiro atoms. The van der Waals surface area contributed by atoms with Crippen LogP contribution in [0.3, 0.4) is 0 Å².